The van der Waals surface area contributed by atoms with E-state index in [9.17, 15) is 4.79 Å². The molecule has 0 fully saturated rings. The molecule has 3 aromatic rings. The van der Waals surface area contributed by atoms with Crippen molar-refractivity contribution in [2.24, 2.45) is 0 Å². The van der Waals surface area contributed by atoms with Crippen LogP contribution in [0, 0.1) is 0 Å². The highest BCUT2D eigenvalue weighted by Crippen LogP contribution is 2.30. The zero-order chi connectivity index (χ0) is 20.2. The Bertz CT molecular complexity index is 977. The number of carbonyl (C=O) groups excluding carboxylic acids is 1. The Labute approximate surface area is 171 Å². The van der Waals surface area contributed by atoms with E-state index in [2.05, 4.69) is 15.0 Å². The largest absolute Gasteiger partial charge is 0.378 e. The average molecular weight is 390 g/mol. The summed E-state index contributed by atoms with van der Waals surface area (Å²) >= 11 is 0. The number of rotatable bonds is 6. The Kier molecular flexibility index (Phi) is 5.60. The molecule has 150 valence electrons. The van der Waals surface area contributed by atoms with E-state index in [4.69, 9.17) is 5.10 Å². The molecular weight excluding hydrogens is 362 g/mol. The molecule has 1 N–H and O–H groups in total. The first kappa shape index (κ1) is 19.2. The van der Waals surface area contributed by atoms with Gasteiger partial charge in [-0.05, 0) is 62.1 Å². The number of aromatic nitrogens is 3. The smallest absolute Gasteiger partial charge is 0.251 e. The zero-order valence-electron chi connectivity index (χ0n) is 17.1. The number of nitrogens with one attached hydrogen (secondary N) is 1. The number of hydrogen-bond donors (Lipinski definition) is 1. The first-order chi connectivity index (χ1) is 14.1. The number of amides is 1. The third kappa shape index (κ3) is 4.16. The zero-order valence-corrected chi connectivity index (χ0v) is 17.1. The summed E-state index contributed by atoms with van der Waals surface area (Å²) in [5, 5.41) is 7.88. The lowest BCUT2D eigenvalue weighted by Gasteiger charge is -2.15. The van der Waals surface area contributed by atoms with E-state index in [0.29, 0.717) is 18.7 Å². The van der Waals surface area contributed by atoms with E-state index in [0.717, 1.165) is 29.9 Å². The van der Waals surface area contributed by atoms with Crippen LogP contribution in [0.5, 0.6) is 0 Å². The van der Waals surface area contributed by atoms with Gasteiger partial charge >= 0.3 is 0 Å². The minimum absolute atomic E-state index is 0.0544. The van der Waals surface area contributed by atoms with Crippen molar-refractivity contribution in [1.82, 2.24) is 20.1 Å². The van der Waals surface area contributed by atoms with Crippen molar-refractivity contribution in [3.05, 3.63) is 65.5 Å². The molecule has 0 spiro atoms. The van der Waals surface area contributed by atoms with E-state index in [1.165, 1.54) is 24.1 Å². The summed E-state index contributed by atoms with van der Waals surface area (Å²) < 4.78 is 2.06. The summed E-state index contributed by atoms with van der Waals surface area (Å²) in [5.41, 5.74) is 6.28. The SMILES string of the molecule is CN(C)c1ccc(C(=O)NCCn2nc(-c3ccccn3)c3c2CCCC3)cc1. The highest BCUT2D eigenvalue weighted by molar-refractivity contribution is 5.94. The average Bonchev–Trinajstić information content (AvgIpc) is 3.13. The molecule has 2 heterocycles. The maximum atomic E-state index is 12.5. The molecule has 0 saturated heterocycles. The third-order valence-corrected chi connectivity index (χ3v) is 5.42. The molecule has 6 nitrogen and oxygen atoms in total. The molecule has 1 amide bonds. The quantitative estimate of drug-likeness (QED) is 0.702. The summed E-state index contributed by atoms with van der Waals surface area (Å²) in [6.07, 6.45) is 6.27. The second-order valence-corrected chi connectivity index (χ2v) is 7.62. The maximum absolute atomic E-state index is 12.5. The lowest BCUT2D eigenvalue weighted by atomic mass is 9.95. The summed E-state index contributed by atoms with van der Waals surface area (Å²) in [7, 11) is 3.97. The van der Waals surface area contributed by atoms with E-state index >= 15 is 0 Å². The van der Waals surface area contributed by atoms with Crippen LogP contribution < -0.4 is 10.2 Å². The van der Waals surface area contributed by atoms with Gasteiger partial charge in [0, 0.05) is 49.3 Å². The third-order valence-electron chi connectivity index (χ3n) is 5.42. The fourth-order valence-electron chi connectivity index (χ4n) is 3.85. The fourth-order valence-corrected chi connectivity index (χ4v) is 3.85. The molecule has 29 heavy (non-hydrogen) atoms. The van der Waals surface area contributed by atoms with Crippen molar-refractivity contribution < 1.29 is 4.79 Å². The van der Waals surface area contributed by atoms with Crippen LogP contribution in [-0.2, 0) is 19.4 Å². The molecule has 0 radical (unpaired) electrons. The molecule has 0 unspecified atom stereocenters. The Hall–Kier alpha value is -3.15. The van der Waals surface area contributed by atoms with Crippen molar-refractivity contribution in [2.45, 2.75) is 32.2 Å². The molecule has 1 aromatic carbocycles. The highest BCUT2D eigenvalue weighted by atomic mass is 16.1. The minimum atomic E-state index is -0.0544. The van der Waals surface area contributed by atoms with Gasteiger partial charge in [-0.3, -0.25) is 14.5 Å². The standard InChI is InChI=1S/C23H27N5O/c1-27(2)18-12-10-17(11-13-18)23(29)25-15-16-28-21-9-4-3-7-19(21)22(26-28)20-8-5-6-14-24-20/h5-6,8,10-14H,3-4,7,9,15-16H2,1-2H3,(H,25,29). The van der Waals surface area contributed by atoms with Crippen LogP contribution in [0.3, 0.4) is 0 Å². The van der Waals surface area contributed by atoms with E-state index < -0.39 is 0 Å². The van der Waals surface area contributed by atoms with Crippen LogP contribution in [0.4, 0.5) is 5.69 Å². The molecule has 0 bridgehead atoms. The van der Waals surface area contributed by atoms with Gasteiger partial charge in [-0.25, -0.2) is 0 Å². The Morgan fingerprint density at radius 3 is 2.62 bits per heavy atom. The van der Waals surface area contributed by atoms with Gasteiger partial charge in [0.05, 0.1) is 12.2 Å². The Morgan fingerprint density at radius 1 is 1.10 bits per heavy atom. The van der Waals surface area contributed by atoms with Gasteiger partial charge in [0.15, 0.2) is 0 Å². The predicted molar refractivity (Wildman–Crippen MR) is 115 cm³/mol. The van der Waals surface area contributed by atoms with Crippen LogP contribution in [0.25, 0.3) is 11.4 Å². The predicted octanol–water partition coefficient (Wildman–Crippen LogP) is 3.32. The normalized spacial score (nSPS) is 13.0. The number of pyridine rings is 1. The van der Waals surface area contributed by atoms with E-state index in [1.54, 1.807) is 0 Å². The summed E-state index contributed by atoms with van der Waals surface area (Å²) in [4.78, 5) is 19.0. The number of nitrogens with zero attached hydrogens (tertiary/aromatic N) is 4. The number of anilines is 1. The molecule has 0 aliphatic heterocycles. The van der Waals surface area contributed by atoms with E-state index in [1.807, 2.05) is 67.7 Å². The summed E-state index contributed by atoms with van der Waals surface area (Å²) in [6.45, 7) is 1.21. The number of hydrogen-bond acceptors (Lipinski definition) is 4. The van der Waals surface area contributed by atoms with Gasteiger partial charge in [0.25, 0.3) is 5.91 Å². The molecule has 0 atom stereocenters. The molecule has 1 aliphatic carbocycles. The van der Waals surface area contributed by atoms with Crippen molar-refractivity contribution >= 4 is 11.6 Å². The topological polar surface area (TPSA) is 63.1 Å². The van der Waals surface area contributed by atoms with Crippen molar-refractivity contribution in [2.75, 3.05) is 25.5 Å². The molecule has 1 aliphatic rings. The highest BCUT2D eigenvalue weighted by Gasteiger charge is 2.22. The number of benzene rings is 1. The molecule has 4 rings (SSSR count). The molecule has 2 aromatic heterocycles. The van der Waals surface area contributed by atoms with Crippen LogP contribution in [0.2, 0.25) is 0 Å². The molecular formula is C23H27N5O. The fraction of sp³-hybridized carbons (Fsp3) is 0.348. The number of carbonyl (C=O) groups is 1. The van der Waals surface area contributed by atoms with Crippen LogP contribution in [-0.4, -0.2) is 41.3 Å². The van der Waals surface area contributed by atoms with Gasteiger partial charge in [-0.2, -0.15) is 5.10 Å². The second kappa shape index (κ2) is 8.47. The Morgan fingerprint density at radius 2 is 1.90 bits per heavy atom. The van der Waals surface area contributed by atoms with Crippen molar-refractivity contribution in [3.63, 3.8) is 0 Å². The first-order valence-corrected chi connectivity index (χ1v) is 10.2. The minimum Gasteiger partial charge on any atom is -0.378 e. The van der Waals surface area contributed by atoms with Gasteiger partial charge in [-0.1, -0.05) is 6.07 Å². The van der Waals surface area contributed by atoms with Crippen LogP contribution in [0.1, 0.15) is 34.5 Å². The lowest BCUT2D eigenvalue weighted by Crippen LogP contribution is -2.28. The van der Waals surface area contributed by atoms with Gasteiger partial charge < -0.3 is 10.2 Å². The van der Waals surface area contributed by atoms with Crippen molar-refractivity contribution in [1.29, 1.82) is 0 Å². The lowest BCUT2D eigenvalue weighted by molar-refractivity contribution is 0.0952. The maximum Gasteiger partial charge on any atom is 0.251 e. The number of fused-ring (bicyclic) bond motifs is 1. The Balaban J connectivity index is 1.44. The van der Waals surface area contributed by atoms with Gasteiger partial charge in [0.2, 0.25) is 0 Å². The van der Waals surface area contributed by atoms with E-state index in [-0.39, 0.29) is 5.91 Å². The second-order valence-electron chi connectivity index (χ2n) is 7.62. The first-order valence-electron chi connectivity index (χ1n) is 10.2. The summed E-state index contributed by atoms with van der Waals surface area (Å²) in [5.74, 6) is -0.0544. The van der Waals surface area contributed by atoms with Crippen LogP contribution in [0.15, 0.2) is 48.7 Å². The molecule has 0 saturated carbocycles. The van der Waals surface area contributed by atoms with Crippen molar-refractivity contribution in [3.8, 4) is 11.4 Å². The summed E-state index contributed by atoms with van der Waals surface area (Å²) in [6, 6.07) is 13.6. The van der Waals surface area contributed by atoms with Gasteiger partial charge in [0.1, 0.15) is 5.69 Å². The molecule has 6 heteroatoms. The monoisotopic (exact) mass is 389 g/mol. The van der Waals surface area contributed by atoms with Gasteiger partial charge in [-0.15, -0.1) is 0 Å². The van der Waals surface area contributed by atoms with Crippen LogP contribution >= 0.6 is 0 Å².